The molecule has 0 radical (unpaired) electrons. The molecule has 3 saturated carbocycles. The number of phosphoric acid groups is 1. The molecule has 12 atom stereocenters. The standard InChI is InChI=1S/C33H51O12P/c1-7-23(35)44-15-32-13-12-29(4)20-14-21(34)25-31(6,28(39)40)26(37)24(36)27(38)33(25,16-45-46(41,42)43)19(20)10-11-30(29,5)22(32)9-8-18(32)17(2)3/h9-10,17-18,20-21,24-27,34,36-38H,7-8,11-16H2,1-6H3,(H,39,40)(H2,41,42,43). The van der Waals surface area contributed by atoms with E-state index in [1.54, 1.807) is 6.92 Å². The molecule has 0 amide bonds. The molecule has 5 aliphatic rings. The first kappa shape index (κ1) is 35.7. The number of hydrogen-bond acceptors (Lipinski definition) is 9. The zero-order valence-electron chi connectivity index (χ0n) is 27.5. The van der Waals surface area contributed by atoms with E-state index in [2.05, 4.69) is 33.8 Å². The molecule has 12 nitrogen and oxygen atoms in total. The monoisotopic (exact) mass is 670 g/mol. The SMILES string of the molecule is CCC(=O)OCC12CCC3(C)C4CC(O)C5C(C)(C(=O)O)C(O)C(O)C(O)C5(COP(=O)(O)O)C4=CCC3(C)C1=CCC2C(C)C. The van der Waals surface area contributed by atoms with Crippen molar-refractivity contribution in [2.45, 2.75) is 104 Å². The molecule has 0 aromatic rings. The quantitative estimate of drug-likeness (QED) is 0.113. The smallest absolute Gasteiger partial charge is 0.469 e. The number of esters is 1. The topological polar surface area (TPSA) is 211 Å². The third kappa shape index (κ3) is 4.69. The van der Waals surface area contributed by atoms with Gasteiger partial charge in [-0.2, -0.15) is 0 Å². The van der Waals surface area contributed by atoms with Gasteiger partial charge in [0, 0.05) is 17.8 Å². The Morgan fingerprint density at radius 3 is 2.24 bits per heavy atom. The van der Waals surface area contributed by atoms with Crippen molar-refractivity contribution in [3.8, 4) is 0 Å². The number of carboxylic acid groups (broad SMARTS) is 1. The molecule has 0 spiro atoms. The van der Waals surface area contributed by atoms with Crippen LogP contribution in [0.3, 0.4) is 0 Å². The Kier molecular flexibility index (Phi) is 8.90. The minimum Gasteiger partial charge on any atom is -0.481 e. The predicted octanol–water partition coefficient (Wildman–Crippen LogP) is 2.94. The fraction of sp³-hybridized carbons (Fsp3) is 0.818. The number of carbonyl (C=O) groups is 2. The van der Waals surface area contributed by atoms with Crippen molar-refractivity contribution < 1.29 is 58.7 Å². The van der Waals surface area contributed by atoms with Gasteiger partial charge in [0.15, 0.2) is 0 Å². The van der Waals surface area contributed by atoms with Gasteiger partial charge >= 0.3 is 19.8 Å². The van der Waals surface area contributed by atoms with Crippen LogP contribution in [0.25, 0.3) is 0 Å². The van der Waals surface area contributed by atoms with Crippen molar-refractivity contribution in [2.75, 3.05) is 13.2 Å². The highest BCUT2D eigenvalue weighted by Gasteiger charge is 2.75. The number of allylic oxidation sites excluding steroid dienone is 2. The zero-order chi connectivity index (χ0) is 34.4. The molecule has 0 aromatic carbocycles. The summed E-state index contributed by atoms with van der Waals surface area (Å²) in [5.41, 5.74) is -4.02. The first-order chi connectivity index (χ1) is 21.2. The second-order valence-corrected chi connectivity index (χ2v) is 16.8. The number of hydrogen-bond donors (Lipinski definition) is 7. The summed E-state index contributed by atoms with van der Waals surface area (Å²) in [6, 6.07) is 0. The maximum absolute atomic E-state index is 12.8. The number of aliphatic carboxylic acids is 1. The molecule has 3 fully saturated rings. The van der Waals surface area contributed by atoms with Crippen molar-refractivity contribution in [1.29, 1.82) is 0 Å². The van der Waals surface area contributed by atoms with Gasteiger partial charge in [0.2, 0.25) is 0 Å². The van der Waals surface area contributed by atoms with Gasteiger partial charge < -0.3 is 40.1 Å². The van der Waals surface area contributed by atoms with Gasteiger partial charge in [0.25, 0.3) is 0 Å². The van der Waals surface area contributed by atoms with Crippen LogP contribution < -0.4 is 0 Å². The van der Waals surface area contributed by atoms with Gasteiger partial charge in [-0.05, 0) is 67.6 Å². The van der Waals surface area contributed by atoms with E-state index in [9.17, 15) is 49.5 Å². The second-order valence-electron chi connectivity index (χ2n) is 15.6. The summed E-state index contributed by atoms with van der Waals surface area (Å²) in [4.78, 5) is 44.8. The Bertz CT molecular complexity index is 1370. The lowest BCUT2D eigenvalue weighted by atomic mass is 9.35. The van der Waals surface area contributed by atoms with Gasteiger partial charge in [0.1, 0.15) is 12.7 Å². The third-order valence-corrected chi connectivity index (χ3v) is 14.0. The lowest BCUT2D eigenvalue weighted by Gasteiger charge is -2.69. The molecule has 5 aliphatic carbocycles. The molecule has 0 aromatic heterocycles. The molecule has 7 N–H and O–H groups in total. The number of aliphatic hydroxyl groups is 4. The van der Waals surface area contributed by atoms with E-state index < -0.39 is 83.7 Å². The lowest BCUT2D eigenvalue weighted by molar-refractivity contribution is -0.265. The summed E-state index contributed by atoms with van der Waals surface area (Å²) in [6.45, 7) is 10.9. The van der Waals surface area contributed by atoms with E-state index in [1.807, 2.05) is 6.08 Å². The van der Waals surface area contributed by atoms with E-state index in [0.717, 1.165) is 6.42 Å². The van der Waals surface area contributed by atoms with Crippen LogP contribution in [0.2, 0.25) is 0 Å². The predicted molar refractivity (Wildman–Crippen MR) is 165 cm³/mol. The number of carbonyl (C=O) groups excluding carboxylic acids is 1. The van der Waals surface area contributed by atoms with Crippen molar-refractivity contribution in [2.24, 2.45) is 50.7 Å². The highest BCUT2D eigenvalue weighted by Crippen LogP contribution is 2.75. The van der Waals surface area contributed by atoms with Gasteiger partial charge in [-0.25, -0.2) is 4.57 Å². The van der Waals surface area contributed by atoms with Crippen LogP contribution >= 0.6 is 7.82 Å². The maximum Gasteiger partial charge on any atom is 0.469 e. The van der Waals surface area contributed by atoms with Crippen molar-refractivity contribution in [3.63, 3.8) is 0 Å². The fourth-order valence-corrected chi connectivity index (χ4v) is 11.4. The minimum atomic E-state index is -5.18. The third-order valence-electron chi connectivity index (χ3n) is 13.5. The van der Waals surface area contributed by atoms with E-state index in [-0.39, 0.29) is 31.3 Å². The molecule has 260 valence electrons. The summed E-state index contributed by atoms with van der Waals surface area (Å²) in [7, 11) is -5.18. The number of aliphatic hydroxyl groups excluding tert-OH is 4. The van der Waals surface area contributed by atoms with Crippen LogP contribution in [0.15, 0.2) is 23.3 Å². The average molecular weight is 671 g/mol. The zero-order valence-corrected chi connectivity index (χ0v) is 28.4. The molecule has 12 unspecified atom stereocenters. The highest BCUT2D eigenvalue weighted by atomic mass is 31.2. The van der Waals surface area contributed by atoms with E-state index in [0.29, 0.717) is 30.8 Å². The number of ether oxygens (including phenoxy) is 1. The largest absolute Gasteiger partial charge is 0.481 e. The molecule has 0 aliphatic heterocycles. The van der Waals surface area contributed by atoms with Gasteiger partial charge in [-0.3, -0.25) is 14.1 Å². The summed E-state index contributed by atoms with van der Waals surface area (Å²) < 4.78 is 23.0. The van der Waals surface area contributed by atoms with Gasteiger partial charge in [-0.15, -0.1) is 0 Å². The summed E-state index contributed by atoms with van der Waals surface area (Å²) in [5, 5.41) is 56.4. The molecular formula is C33H51O12P. The van der Waals surface area contributed by atoms with Crippen LogP contribution in [0.5, 0.6) is 0 Å². The number of carboxylic acids is 1. The normalized spacial score (nSPS) is 46.8. The van der Waals surface area contributed by atoms with Crippen LogP contribution in [0.1, 0.15) is 80.1 Å². The van der Waals surface area contributed by atoms with Crippen LogP contribution in [0.4, 0.5) is 0 Å². The Balaban J connectivity index is 1.70. The summed E-state index contributed by atoms with van der Waals surface area (Å²) in [5.74, 6) is -3.23. The van der Waals surface area contributed by atoms with E-state index in [4.69, 9.17) is 9.26 Å². The van der Waals surface area contributed by atoms with Crippen LogP contribution in [-0.4, -0.2) is 84.9 Å². The molecule has 13 heteroatoms. The fourth-order valence-electron chi connectivity index (χ4n) is 11.0. The molecule has 0 bridgehead atoms. The molecule has 0 heterocycles. The maximum atomic E-state index is 12.8. The van der Waals surface area contributed by atoms with Crippen LogP contribution in [0, 0.1) is 50.7 Å². The highest BCUT2D eigenvalue weighted by molar-refractivity contribution is 7.46. The first-order valence-corrected chi connectivity index (χ1v) is 17.9. The van der Waals surface area contributed by atoms with Gasteiger partial charge in [-0.1, -0.05) is 57.9 Å². The lowest BCUT2D eigenvalue weighted by Crippen LogP contribution is -2.75. The Hall–Kier alpha value is -1.63. The number of fused-ring (bicyclic) bond motifs is 7. The molecule has 0 saturated heterocycles. The number of rotatable bonds is 8. The molecule has 5 rings (SSSR count). The summed E-state index contributed by atoms with van der Waals surface area (Å²) in [6.07, 6.45) is -0.347. The Labute approximate surface area is 270 Å². The summed E-state index contributed by atoms with van der Waals surface area (Å²) >= 11 is 0. The van der Waals surface area contributed by atoms with Crippen molar-refractivity contribution in [1.82, 2.24) is 0 Å². The molecule has 46 heavy (non-hydrogen) atoms. The minimum absolute atomic E-state index is 0.0668. The van der Waals surface area contributed by atoms with Crippen LogP contribution in [-0.2, 0) is 23.4 Å². The van der Waals surface area contributed by atoms with Crippen molar-refractivity contribution in [3.05, 3.63) is 23.3 Å². The number of phosphoric ester groups is 1. The van der Waals surface area contributed by atoms with Crippen molar-refractivity contribution >= 4 is 19.8 Å². The van der Waals surface area contributed by atoms with E-state index >= 15 is 0 Å². The van der Waals surface area contributed by atoms with Gasteiger partial charge in [0.05, 0.1) is 35.7 Å². The Morgan fingerprint density at radius 1 is 1.02 bits per heavy atom. The Morgan fingerprint density at radius 2 is 1.67 bits per heavy atom. The van der Waals surface area contributed by atoms with E-state index in [1.165, 1.54) is 12.5 Å². The molecular weight excluding hydrogens is 619 g/mol. The second kappa shape index (κ2) is 11.5. The first-order valence-electron chi connectivity index (χ1n) is 16.4. The average Bonchev–Trinajstić information content (AvgIpc) is 3.38.